The van der Waals surface area contributed by atoms with Crippen LogP contribution >= 0.6 is 11.3 Å². The second-order valence-corrected chi connectivity index (χ2v) is 6.41. The molecule has 1 aliphatic carbocycles. The molecule has 0 radical (unpaired) electrons. The predicted octanol–water partition coefficient (Wildman–Crippen LogP) is 2.81. The molecule has 6 heteroatoms. The first-order valence-electron chi connectivity index (χ1n) is 7.40. The lowest BCUT2D eigenvalue weighted by Gasteiger charge is -2.18. The predicted molar refractivity (Wildman–Crippen MR) is 85.2 cm³/mol. The number of nitrogens with zero attached hydrogens (tertiary/aromatic N) is 1. The first-order chi connectivity index (χ1) is 10.7. The summed E-state index contributed by atoms with van der Waals surface area (Å²) in [6.07, 6.45) is 3.15. The van der Waals surface area contributed by atoms with Crippen molar-refractivity contribution >= 4 is 17.2 Å². The van der Waals surface area contributed by atoms with Gasteiger partial charge in [0, 0.05) is 17.0 Å². The first-order valence-corrected chi connectivity index (χ1v) is 8.27. The summed E-state index contributed by atoms with van der Waals surface area (Å²) in [6, 6.07) is 6.25. The molecule has 1 fully saturated rings. The fraction of sp³-hybridized carbons (Fsp3) is 0.375. The Morgan fingerprint density at radius 3 is 2.86 bits per heavy atom. The topological polar surface area (TPSA) is 68.0 Å². The third kappa shape index (κ3) is 3.18. The van der Waals surface area contributed by atoms with Crippen molar-refractivity contribution in [1.29, 1.82) is 0 Å². The SMILES string of the molecule is NCC1CCCC1NC(=O)c1csc(-c2ccc(F)cc2)n1. The van der Waals surface area contributed by atoms with Crippen LogP contribution in [0.3, 0.4) is 0 Å². The maximum Gasteiger partial charge on any atom is 0.271 e. The van der Waals surface area contributed by atoms with Crippen LogP contribution in [0.15, 0.2) is 29.6 Å². The molecule has 2 atom stereocenters. The lowest BCUT2D eigenvalue weighted by atomic mass is 10.0. The third-order valence-electron chi connectivity index (χ3n) is 4.11. The summed E-state index contributed by atoms with van der Waals surface area (Å²) in [5, 5.41) is 5.49. The molecule has 1 amide bonds. The highest BCUT2D eigenvalue weighted by atomic mass is 32.1. The molecule has 1 aromatic carbocycles. The highest BCUT2D eigenvalue weighted by Crippen LogP contribution is 2.26. The number of halogens is 1. The van der Waals surface area contributed by atoms with Gasteiger partial charge in [-0.1, -0.05) is 6.42 Å². The van der Waals surface area contributed by atoms with Crippen LogP contribution in [0.1, 0.15) is 29.8 Å². The van der Waals surface area contributed by atoms with Crippen molar-refractivity contribution in [3.63, 3.8) is 0 Å². The lowest BCUT2D eigenvalue weighted by molar-refractivity contribution is 0.0924. The minimum absolute atomic E-state index is 0.147. The molecule has 22 heavy (non-hydrogen) atoms. The van der Waals surface area contributed by atoms with E-state index in [2.05, 4.69) is 10.3 Å². The molecule has 3 rings (SSSR count). The number of nitrogens with two attached hydrogens (primary N) is 1. The molecule has 2 unspecified atom stereocenters. The van der Waals surface area contributed by atoms with Gasteiger partial charge < -0.3 is 11.1 Å². The average Bonchev–Trinajstić information content (AvgIpc) is 3.16. The molecule has 1 aliphatic rings. The molecular formula is C16H18FN3OS. The highest BCUT2D eigenvalue weighted by molar-refractivity contribution is 7.13. The van der Waals surface area contributed by atoms with Crippen LogP contribution in [-0.2, 0) is 0 Å². The van der Waals surface area contributed by atoms with Gasteiger partial charge in [-0.15, -0.1) is 11.3 Å². The van der Waals surface area contributed by atoms with E-state index in [4.69, 9.17) is 5.73 Å². The molecule has 0 spiro atoms. The van der Waals surface area contributed by atoms with Crippen molar-refractivity contribution in [3.05, 3.63) is 41.2 Å². The minimum atomic E-state index is -0.285. The Morgan fingerprint density at radius 1 is 1.36 bits per heavy atom. The van der Waals surface area contributed by atoms with Crippen molar-refractivity contribution in [3.8, 4) is 10.6 Å². The normalized spacial score (nSPS) is 21.0. The van der Waals surface area contributed by atoms with Crippen molar-refractivity contribution in [2.75, 3.05) is 6.54 Å². The molecule has 0 aliphatic heterocycles. The van der Waals surface area contributed by atoms with Gasteiger partial charge in [0.1, 0.15) is 16.5 Å². The Balaban J connectivity index is 1.70. The molecule has 0 saturated heterocycles. The maximum atomic E-state index is 12.9. The second kappa shape index (κ2) is 6.54. The number of carbonyl (C=O) groups is 1. The molecule has 2 aromatic rings. The number of hydrogen-bond acceptors (Lipinski definition) is 4. The summed E-state index contributed by atoms with van der Waals surface area (Å²) in [5.74, 6) is -0.0820. The van der Waals surface area contributed by atoms with Crippen molar-refractivity contribution < 1.29 is 9.18 Å². The summed E-state index contributed by atoms with van der Waals surface area (Å²) >= 11 is 1.38. The van der Waals surface area contributed by atoms with E-state index in [9.17, 15) is 9.18 Å². The van der Waals surface area contributed by atoms with Crippen LogP contribution in [-0.4, -0.2) is 23.5 Å². The highest BCUT2D eigenvalue weighted by Gasteiger charge is 2.28. The van der Waals surface area contributed by atoms with Gasteiger partial charge in [0.05, 0.1) is 0 Å². The summed E-state index contributed by atoms with van der Waals surface area (Å²) in [6.45, 7) is 0.600. The zero-order chi connectivity index (χ0) is 15.5. The average molecular weight is 319 g/mol. The molecule has 0 bridgehead atoms. The van der Waals surface area contributed by atoms with Crippen molar-refractivity contribution in [2.45, 2.75) is 25.3 Å². The zero-order valence-corrected chi connectivity index (χ0v) is 12.9. The first kappa shape index (κ1) is 15.1. The molecule has 116 valence electrons. The van der Waals surface area contributed by atoms with Crippen molar-refractivity contribution in [1.82, 2.24) is 10.3 Å². The van der Waals surface area contributed by atoms with E-state index < -0.39 is 0 Å². The van der Waals surface area contributed by atoms with Gasteiger partial charge in [-0.05, 0) is 49.6 Å². The zero-order valence-electron chi connectivity index (χ0n) is 12.1. The van der Waals surface area contributed by atoms with Gasteiger partial charge in [0.2, 0.25) is 0 Å². The molecule has 1 aromatic heterocycles. The summed E-state index contributed by atoms with van der Waals surface area (Å²) in [5.41, 5.74) is 6.96. The smallest absolute Gasteiger partial charge is 0.271 e. The standard InChI is InChI=1S/C16H18FN3OS/c17-12-6-4-10(5-7-12)16-20-14(9-22-16)15(21)19-13-3-1-2-11(13)8-18/h4-7,9,11,13H,1-3,8,18H2,(H,19,21). The molecular weight excluding hydrogens is 301 g/mol. The van der Waals surface area contributed by atoms with E-state index in [1.54, 1.807) is 17.5 Å². The van der Waals surface area contributed by atoms with E-state index in [0.717, 1.165) is 24.8 Å². The number of carbonyl (C=O) groups excluding carboxylic acids is 1. The number of hydrogen-bond donors (Lipinski definition) is 2. The van der Waals surface area contributed by atoms with Crippen LogP contribution < -0.4 is 11.1 Å². The van der Waals surface area contributed by atoms with Gasteiger partial charge >= 0.3 is 0 Å². The fourth-order valence-electron chi connectivity index (χ4n) is 2.85. The van der Waals surface area contributed by atoms with E-state index in [0.29, 0.717) is 23.2 Å². The quantitative estimate of drug-likeness (QED) is 0.910. The summed E-state index contributed by atoms with van der Waals surface area (Å²) in [4.78, 5) is 16.6. The van der Waals surface area contributed by atoms with E-state index in [-0.39, 0.29) is 17.8 Å². The Morgan fingerprint density at radius 2 is 2.14 bits per heavy atom. The Hall–Kier alpha value is -1.79. The largest absolute Gasteiger partial charge is 0.348 e. The van der Waals surface area contributed by atoms with Crippen LogP contribution in [0.5, 0.6) is 0 Å². The van der Waals surface area contributed by atoms with E-state index in [1.807, 2.05) is 0 Å². The number of amides is 1. The Bertz CT molecular complexity index is 656. The molecule has 1 heterocycles. The molecule has 1 saturated carbocycles. The number of benzene rings is 1. The molecule has 3 N–H and O–H groups in total. The summed E-state index contributed by atoms with van der Waals surface area (Å²) < 4.78 is 12.9. The molecule has 4 nitrogen and oxygen atoms in total. The number of rotatable bonds is 4. The monoisotopic (exact) mass is 319 g/mol. The van der Waals surface area contributed by atoms with Gasteiger partial charge in [0.25, 0.3) is 5.91 Å². The fourth-order valence-corrected chi connectivity index (χ4v) is 3.66. The lowest BCUT2D eigenvalue weighted by Crippen LogP contribution is -2.40. The van der Waals surface area contributed by atoms with Gasteiger partial charge in [-0.3, -0.25) is 4.79 Å². The minimum Gasteiger partial charge on any atom is -0.348 e. The van der Waals surface area contributed by atoms with Crippen LogP contribution in [0.25, 0.3) is 10.6 Å². The van der Waals surface area contributed by atoms with Gasteiger partial charge in [-0.25, -0.2) is 9.37 Å². The number of thiazole rings is 1. The number of aromatic nitrogens is 1. The van der Waals surface area contributed by atoms with E-state index >= 15 is 0 Å². The third-order valence-corrected chi connectivity index (χ3v) is 5.00. The van der Waals surface area contributed by atoms with Crippen LogP contribution in [0.4, 0.5) is 4.39 Å². The Kier molecular flexibility index (Phi) is 4.49. The summed E-state index contributed by atoms with van der Waals surface area (Å²) in [7, 11) is 0. The second-order valence-electron chi connectivity index (χ2n) is 5.55. The maximum absolute atomic E-state index is 12.9. The van der Waals surface area contributed by atoms with Gasteiger partial charge in [-0.2, -0.15) is 0 Å². The van der Waals surface area contributed by atoms with Crippen LogP contribution in [0.2, 0.25) is 0 Å². The Labute approximate surface area is 132 Å². The van der Waals surface area contributed by atoms with Crippen LogP contribution in [0, 0.1) is 11.7 Å². The number of nitrogens with one attached hydrogen (secondary N) is 1. The van der Waals surface area contributed by atoms with Crippen molar-refractivity contribution in [2.24, 2.45) is 11.7 Å². The van der Waals surface area contributed by atoms with Gasteiger partial charge in [0.15, 0.2) is 0 Å². The van der Waals surface area contributed by atoms with E-state index in [1.165, 1.54) is 23.5 Å².